The Balaban J connectivity index is 2.12. The number of hydrogen-bond donors (Lipinski definition) is 3. The van der Waals surface area contributed by atoms with Crippen molar-refractivity contribution in [1.82, 2.24) is 5.32 Å². The van der Waals surface area contributed by atoms with Gasteiger partial charge in [0.25, 0.3) is 0 Å². The largest absolute Gasteiger partial charge is 0.478 e. The molecule has 0 saturated heterocycles. The van der Waals surface area contributed by atoms with Crippen LogP contribution in [0.1, 0.15) is 55.1 Å². The van der Waals surface area contributed by atoms with Gasteiger partial charge in [0.05, 0.1) is 11.1 Å². The third-order valence-corrected chi connectivity index (χ3v) is 4.07. The molecule has 0 fully saturated rings. The van der Waals surface area contributed by atoms with Crippen molar-refractivity contribution in [3.63, 3.8) is 0 Å². The van der Waals surface area contributed by atoms with Gasteiger partial charge in [0.15, 0.2) is 0 Å². The summed E-state index contributed by atoms with van der Waals surface area (Å²) in [5.41, 5.74) is 2.21. The Morgan fingerprint density at radius 2 is 1.72 bits per heavy atom. The van der Waals surface area contributed by atoms with Crippen LogP contribution in [-0.2, 0) is 5.54 Å². The molecule has 0 aliphatic carbocycles. The van der Waals surface area contributed by atoms with Gasteiger partial charge in [-0.1, -0.05) is 44.2 Å². The van der Waals surface area contributed by atoms with E-state index < -0.39 is 11.5 Å². The second kappa shape index (κ2) is 7.38. The molecule has 0 radical (unpaired) electrons. The Hall–Kier alpha value is -2.82. The molecule has 2 rings (SSSR count). The van der Waals surface area contributed by atoms with Crippen molar-refractivity contribution in [2.24, 2.45) is 0 Å². The molecule has 0 heterocycles. The lowest BCUT2D eigenvalue weighted by molar-refractivity contribution is 0.0697. The zero-order valence-electron chi connectivity index (χ0n) is 15.0. The molecule has 0 aliphatic rings. The van der Waals surface area contributed by atoms with Gasteiger partial charge >= 0.3 is 12.0 Å². The number of anilines is 1. The van der Waals surface area contributed by atoms with E-state index in [4.69, 9.17) is 5.11 Å². The van der Waals surface area contributed by atoms with E-state index >= 15 is 0 Å². The van der Waals surface area contributed by atoms with E-state index in [2.05, 4.69) is 36.6 Å². The highest BCUT2D eigenvalue weighted by molar-refractivity contribution is 5.93. The topological polar surface area (TPSA) is 78.4 Å². The number of carboxylic acid groups (broad SMARTS) is 1. The fourth-order valence-electron chi connectivity index (χ4n) is 2.53. The molecule has 0 aliphatic heterocycles. The molecule has 2 amide bonds. The van der Waals surface area contributed by atoms with Crippen LogP contribution in [0.2, 0.25) is 0 Å². The van der Waals surface area contributed by atoms with Crippen molar-refractivity contribution in [3.8, 4) is 0 Å². The fourth-order valence-corrected chi connectivity index (χ4v) is 2.53. The average Bonchev–Trinajstić information content (AvgIpc) is 2.54. The highest BCUT2D eigenvalue weighted by Gasteiger charge is 2.23. The second-order valence-corrected chi connectivity index (χ2v) is 6.87. The van der Waals surface area contributed by atoms with Gasteiger partial charge in [-0.15, -0.1) is 0 Å². The Kier molecular flexibility index (Phi) is 5.47. The van der Waals surface area contributed by atoms with Gasteiger partial charge in [0.1, 0.15) is 0 Å². The Bertz CT molecular complexity index is 782. The second-order valence-electron chi connectivity index (χ2n) is 6.87. The van der Waals surface area contributed by atoms with Crippen LogP contribution in [0.5, 0.6) is 0 Å². The molecule has 0 bridgehead atoms. The molecule has 25 heavy (non-hydrogen) atoms. The Labute approximate surface area is 148 Å². The van der Waals surface area contributed by atoms with Gasteiger partial charge in [-0.05, 0) is 49.1 Å². The highest BCUT2D eigenvalue weighted by atomic mass is 16.4. The number of aromatic carboxylic acids is 1. The molecule has 2 aromatic rings. The quantitative estimate of drug-likeness (QED) is 0.746. The zero-order valence-corrected chi connectivity index (χ0v) is 15.0. The summed E-state index contributed by atoms with van der Waals surface area (Å²) in [4.78, 5) is 23.3. The third kappa shape index (κ3) is 4.83. The van der Waals surface area contributed by atoms with Crippen molar-refractivity contribution in [3.05, 3.63) is 65.2 Å². The number of nitrogens with one attached hydrogen (secondary N) is 2. The summed E-state index contributed by atoms with van der Waals surface area (Å²) in [5, 5.41) is 14.6. The molecule has 5 heteroatoms. The number of carbonyl (C=O) groups excluding carboxylic acids is 1. The molecule has 0 spiro atoms. The van der Waals surface area contributed by atoms with Crippen molar-refractivity contribution < 1.29 is 14.7 Å². The van der Waals surface area contributed by atoms with E-state index in [1.807, 2.05) is 26.0 Å². The predicted molar refractivity (Wildman–Crippen MR) is 99.1 cm³/mol. The van der Waals surface area contributed by atoms with Crippen LogP contribution in [0.4, 0.5) is 10.5 Å². The van der Waals surface area contributed by atoms with Crippen molar-refractivity contribution in [2.45, 2.75) is 39.2 Å². The SMILES string of the molecule is CC(C)c1cccc(C(C)(C)NC(=O)Nc2cccc(C(=O)O)c2)c1. The molecule has 3 N–H and O–H groups in total. The van der Waals surface area contributed by atoms with Crippen LogP contribution in [0.15, 0.2) is 48.5 Å². The van der Waals surface area contributed by atoms with E-state index in [1.165, 1.54) is 17.7 Å². The van der Waals surface area contributed by atoms with Crippen molar-refractivity contribution in [2.75, 3.05) is 5.32 Å². The third-order valence-electron chi connectivity index (χ3n) is 4.07. The predicted octanol–water partition coefficient (Wildman–Crippen LogP) is 4.57. The summed E-state index contributed by atoms with van der Waals surface area (Å²) in [6.45, 7) is 8.11. The van der Waals surface area contributed by atoms with Crippen molar-refractivity contribution in [1.29, 1.82) is 0 Å². The fraction of sp³-hybridized carbons (Fsp3) is 0.300. The first kappa shape index (κ1) is 18.5. The molecule has 2 aromatic carbocycles. The lowest BCUT2D eigenvalue weighted by atomic mass is 9.90. The van der Waals surface area contributed by atoms with Crippen LogP contribution < -0.4 is 10.6 Å². The maximum absolute atomic E-state index is 12.3. The summed E-state index contributed by atoms with van der Waals surface area (Å²) in [6.07, 6.45) is 0. The average molecular weight is 340 g/mol. The minimum absolute atomic E-state index is 0.127. The summed E-state index contributed by atoms with van der Waals surface area (Å²) in [5.74, 6) is -0.627. The molecule has 0 saturated carbocycles. The molecule has 5 nitrogen and oxygen atoms in total. The summed E-state index contributed by atoms with van der Waals surface area (Å²) in [6, 6.07) is 13.9. The van der Waals surface area contributed by atoms with Gasteiger partial charge in [0, 0.05) is 5.69 Å². The first-order chi connectivity index (χ1) is 11.7. The highest BCUT2D eigenvalue weighted by Crippen LogP contribution is 2.24. The lowest BCUT2D eigenvalue weighted by Crippen LogP contribution is -2.43. The van der Waals surface area contributed by atoms with E-state index in [-0.39, 0.29) is 11.6 Å². The molecular formula is C20H24N2O3. The molecule has 132 valence electrons. The van der Waals surface area contributed by atoms with E-state index in [0.29, 0.717) is 11.6 Å². The monoisotopic (exact) mass is 340 g/mol. The Morgan fingerprint density at radius 3 is 2.36 bits per heavy atom. The number of carbonyl (C=O) groups is 2. The first-order valence-corrected chi connectivity index (χ1v) is 8.22. The molecular weight excluding hydrogens is 316 g/mol. The number of hydrogen-bond acceptors (Lipinski definition) is 2. The first-order valence-electron chi connectivity index (χ1n) is 8.22. The number of rotatable bonds is 5. The van der Waals surface area contributed by atoms with Crippen LogP contribution in [0.25, 0.3) is 0 Å². The number of amides is 2. The van der Waals surface area contributed by atoms with Crippen LogP contribution >= 0.6 is 0 Å². The number of carboxylic acids is 1. The summed E-state index contributed by atoms with van der Waals surface area (Å²) >= 11 is 0. The maximum Gasteiger partial charge on any atom is 0.335 e. The minimum atomic E-state index is -1.03. The standard InChI is InChI=1S/C20H24N2O3/c1-13(2)14-7-5-9-16(11-14)20(3,4)22-19(25)21-17-10-6-8-15(12-17)18(23)24/h5-13H,1-4H3,(H,23,24)(H2,21,22,25). The number of benzene rings is 2. The normalized spacial score (nSPS) is 11.2. The summed E-state index contributed by atoms with van der Waals surface area (Å²) in [7, 11) is 0. The molecule has 0 unspecified atom stereocenters. The smallest absolute Gasteiger partial charge is 0.335 e. The van der Waals surface area contributed by atoms with Gasteiger partial charge < -0.3 is 15.7 Å². The number of urea groups is 1. The molecule has 0 aromatic heterocycles. The minimum Gasteiger partial charge on any atom is -0.478 e. The summed E-state index contributed by atoms with van der Waals surface area (Å²) < 4.78 is 0. The van der Waals surface area contributed by atoms with Gasteiger partial charge in [-0.3, -0.25) is 0 Å². The van der Waals surface area contributed by atoms with E-state index in [9.17, 15) is 9.59 Å². The van der Waals surface area contributed by atoms with Gasteiger partial charge in [-0.2, -0.15) is 0 Å². The van der Waals surface area contributed by atoms with Gasteiger partial charge in [0.2, 0.25) is 0 Å². The molecule has 0 atom stereocenters. The Morgan fingerprint density at radius 1 is 1.04 bits per heavy atom. The zero-order chi connectivity index (χ0) is 18.6. The lowest BCUT2D eigenvalue weighted by Gasteiger charge is -2.28. The van der Waals surface area contributed by atoms with Gasteiger partial charge in [-0.25, -0.2) is 9.59 Å². The van der Waals surface area contributed by atoms with Crippen LogP contribution in [-0.4, -0.2) is 17.1 Å². The van der Waals surface area contributed by atoms with E-state index in [1.54, 1.807) is 12.1 Å². The maximum atomic E-state index is 12.3. The van der Waals surface area contributed by atoms with Crippen molar-refractivity contribution >= 4 is 17.7 Å². The van der Waals surface area contributed by atoms with Crippen LogP contribution in [0, 0.1) is 0 Å². The van der Waals surface area contributed by atoms with E-state index in [0.717, 1.165) is 5.56 Å². The van der Waals surface area contributed by atoms with Crippen LogP contribution in [0.3, 0.4) is 0 Å².